The minimum absolute atomic E-state index is 0.385. The van der Waals surface area contributed by atoms with Crippen LogP contribution in [0.5, 0.6) is 0 Å². The van der Waals surface area contributed by atoms with Gasteiger partial charge in [0.15, 0.2) is 8.32 Å². The van der Waals surface area contributed by atoms with E-state index >= 15 is 0 Å². The molecule has 0 aromatic heterocycles. The van der Waals surface area contributed by atoms with Gasteiger partial charge in [0, 0.05) is 0 Å². The Hall–Kier alpha value is -1.13. The number of hydrogen-bond donors (Lipinski definition) is 1. The third kappa shape index (κ3) is 3.95. The first-order valence-electron chi connectivity index (χ1n) is 7.92. The van der Waals surface area contributed by atoms with Gasteiger partial charge in [0.1, 0.15) is 5.60 Å². The van der Waals surface area contributed by atoms with Gasteiger partial charge < -0.3 is 9.63 Å². The molecular formula is C17H27NO2Si. The fourth-order valence-electron chi connectivity index (χ4n) is 3.41. The average molecular weight is 305 g/mol. The van der Waals surface area contributed by atoms with E-state index in [2.05, 4.69) is 36.9 Å². The largest absolute Gasteiger partial charge is 0.411 e. The van der Waals surface area contributed by atoms with Crippen LogP contribution in [0.1, 0.15) is 37.7 Å². The Bertz CT molecular complexity index is 463. The second kappa shape index (κ2) is 6.75. The van der Waals surface area contributed by atoms with Gasteiger partial charge >= 0.3 is 0 Å². The summed E-state index contributed by atoms with van der Waals surface area (Å²) in [7, 11) is -1.80. The van der Waals surface area contributed by atoms with E-state index in [1.807, 2.05) is 18.2 Å². The molecule has 0 aliphatic heterocycles. The third-order valence-corrected chi connectivity index (χ3v) is 5.11. The summed E-state index contributed by atoms with van der Waals surface area (Å²) >= 11 is 0. The normalized spacial score (nSPS) is 20.5. The molecule has 0 spiro atoms. The van der Waals surface area contributed by atoms with Crippen molar-refractivity contribution in [2.75, 3.05) is 0 Å². The van der Waals surface area contributed by atoms with E-state index in [1.165, 1.54) is 19.3 Å². The van der Waals surface area contributed by atoms with Crippen molar-refractivity contribution < 1.29 is 9.63 Å². The predicted molar refractivity (Wildman–Crippen MR) is 89.4 cm³/mol. The Balaban J connectivity index is 2.48. The molecule has 0 heterocycles. The van der Waals surface area contributed by atoms with Gasteiger partial charge in [-0.3, -0.25) is 0 Å². The Labute approximate surface area is 129 Å². The first-order chi connectivity index (χ1) is 9.98. The summed E-state index contributed by atoms with van der Waals surface area (Å²) in [5.41, 5.74) is 0.526. The first-order valence-corrected chi connectivity index (χ1v) is 11.3. The zero-order valence-corrected chi connectivity index (χ0v) is 14.4. The fraction of sp³-hybridized carbons (Fsp3) is 0.588. The lowest BCUT2D eigenvalue weighted by Gasteiger charge is -2.43. The summed E-state index contributed by atoms with van der Waals surface area (Å²) in [6.45, 7) is 6.58. The molecule has 3 nitrogen and oxygen atoms in total. The van der Waals surface area contributed by atoms with Crippen molar-refractivity contribution in [2.24, 2.45) is 11.1 Å². The molecule has 1 fully saturated rings. The van der Waals surface area contributed by atoms with Crippen molar-refractivity contribution in [3.05, 3.63) is 35.9 Å². The highest BCUT2D eigenvalue weighted by Crippen LogP contribution is 2.42. The molecule has 0 bridgehead atoms. The lowest BCUT2D eigenvalue weighted by molar-refractivity contribution is 0.0454. The molecule has 1 aliphatic carbocycles. The van der Waals surface area contributed by atoms with Crippen LogP contribution in [0.3, 0.4) is 0 Å². The summed E-state index contributed by atoms with van der Waals surface area (Å²) in [6, 6.07) is 10.3. The lowest BCUT2D eigenvalue weighted by atomic mass is 9.74. The molecule has 1 atom stereocenters. The van der Waals surface area contributed by atoms with E-state index in [-0.39, 0.29) is 0 Å². The van der Waals surface area contributed by atoms with E-state index in [1.54, 1.807) is 6.21 Å². The highest BCUT2D eigenvalue weighted by atomic mass is 28.4. The summed E-state index contributed by atoms with van der Waals surface area (Å²) in [5, 5.41) is 12.7. The molecule has 0 radical (unpaired) electrons. The van der Waals surface area contributed by atoms with Crippen LogP contribution in [0.15, 0.2) is 35.5 Å². The SMILES string of the molecule is C[Si](C)(C)O[C@@](/C=N/O)(c1ccccc1)C1CCCCC1. The zero-order chi connectivity index (χ0) is 15.3. The molecule has 116 valence electrons. The molecule has 1 aromatic carbocycles. The minimum Gasteiger partial charge on any atom is -0.411 e. The molecule has 2 rings (SSSR count). The summed E-state index contributed by atoms with van der Waals surface area (Å²) in [5.74, 6) is 0.385. The van der Waals surface area contributed by atoms with Gasteiger partial charge in [-0.05, 0) is 44.0 Å². The molecule has 0 unspecified atom stereocenters. The van der Waals surface area contributed by atoms with Crippen LogP contribution in [-0.4, -0.2) is 19.7 Å². The van der Waals surface area contributed by atoms with Crippen LogP contribution in [0.4, 0.5) is 0 Å². The fourth-order valence-corrected chi connectivity index (χ4v) is 4.76. The van der Waals surface area contributed by atoms with Crippen molar-refractivity contribution in [3.8, 4) is 0 Å². The molecule has 1 N–H and O–H groups in total. The standard InChI is InChI=1S/C17H27NO2Si/c1-21(2,3)20-17(14-18-19,15-10-6-4-7-11-15)16-12-8-5-9-13-16/h4,6-7,10-11,14,16,19H,5,8-9,12-13H2,1-3H3/b18-14+/t17-/m0/s1. The van der Waals surface area contributed by atoms with Crippen molar-refractivity contribution in [3.63, 3.8) is 0 Å². The molecule has 1 saturated carbocycles. The topological polar surface area (TPSA) is 41.8 Å². The second-order valence-corrected chi connectivity index (χ2v) is 11.4. The zero-order valence-electron chi connectivity index (χ0n) is 13.4. The van der Waals surface area contributed by atoms with E-state index in [0.717, 1.165) is 18.4 Å². The Morgan fingerprint density at radius 3 is 2.29 bits per heavy atom. The maximum absolute atomic E-state index is 9.30. The van der Waals surface area contributed by atoms with Gasteiger partial charge in [-0.2, -0.15) is 0 Å². The molecular weight excluding hydrogens is 278 g/mol. The van der Waals surface area contributed by atoms with Gasteiger partial charge in [-0.1, -0.05) is 54.8 Å². The number of benzene rings is 1. The van der Waals surface area contributed by atoms with Gasteiger partial charge in [-0.15, -0.1) is 0 Å². The van der Waals surface area contributed by atoms with Gasteiger partial charge in [0.25, 0.3) is 0 Å². The molecule has 4 heteroatoms. The minimum atomic E-state index is -1.80. The maximum atomic E-state index is 9.30. The molecule has 0 amide bonds. The molecule has 21 heavy (non-hydrogen) atoms. The van der Waals surface area contributed by atoms with Gasteiger partial charge in [0.05, 0.1) is 6.21 Å². The Kier molecular flexibility index (Phi) is 5.22. The van der Waals surface area contributed by atoms with E-state index in [4.69, 9.17) is 4.43 Å². The quantitative estimate of drug-likeness (QED) is 0.368. The summed E-state index contributed by atoms with van der Waals surface area (Å²) in [6.07, 6.45) is 7.65. The lowest BCUT2D eigenvalue weighted by Crippen LogP contribution is -2.47. The number of nitrogens with zero attached hydrogens (tertiary/aromatic N) is 1. The number of hydrogen-bond acceptors (Lipinski definition) is 3. The van der Waals surface area contributed by atoms with Gasteiger partial charge in [-0.25, -0.2) is 0 Å². The molecule has 0 saturated heterocycles. The Morgan fingerprint density at radius 1 is 1.14 bits per heavy atom. The highest BCUT2D eigenvalue weighted by Gasteiger charge is 2.43. The van der Waals surface area contributed by atoms with Crippen molar-refractivity contribution >= 4 is 14.5 Å². The van der Waals surface area contributed by atoms with Crippen molar-refractivity contribution in [2.45, 2.75) is 57.3 Å². The van der Waals surface area contributed by atoms with E-state index in [9.17, 15) is 5.21 Å². The van der Waals surface area contributed by atoms with Crippen molar-refractivity contribution in [1.82, 2.24) is 0 Å². The molecule has 1 aliphatic rings. The average Bonchev–Trinajstić information content (AvgIpc) is 2.47. The Morgan fingerprint density at radius 2 is 1.76 bits per heavy atom. The van der Waals surface area contributed by atoms with Crippen LogP contribution in [-0.2, 0) is 10.0 Å². The van der Waals surface area contributed by atoms with Crippen LogP contribution in [0.25, 0.3) is 0 Å². The van der Waals surface area contributed by atoms with E-state index in [0.29, 0.717) is 5.92 Å². The van der Waals surface area contributed by atoms with Crippen LogP contribution >= 0.6 is 0 Å². The van der Waals surface area contributed by atoms with E-state index < -0.39 is 13.9 Å². The second-order valence-electron chi connectivity index (χ2n) is 6.95. The summed E-state index contributed by atoms with van der Waals surface area (Å²) < 4.78 is 6.62. The highest BCUT2D eigenvalue weighted by molar-refractivity contribution is 6.70. The number of rotatable bonds is 5. The van der Waals surface area contributed by atoms with Crippen LogP contribution < -0.4 is 0 Å². The van der Waals surface area contributed by atoms with Gasteiger partial charge in [0.2, 0.25) is 0 Å². The number of oxime groups is 1. The van der Waals surface area contributed by atoms with Crippen LogP contribution in [0, 0.1) is 5.92 Å². The smallest absolute Gasteiger partial charge is 0.185 e. The first kappa shape index (κ1) is 16.2. The maximum Gasteiger partial charge on any atom is 0.185 e. The summed E-state index contributed by atoms with van der Waals surface area (Å²) in [4.78, 5) is 0. The third-order valence-electron chi connectivity index (χ3n) is 4.16. The van der Waals surface area contributed by atoms with Crippen molar-refractivity contribution in [1.29, 1.82) is 0 Å². The van der Waals surface area contributed by atoms with Crippen LogP contribution in [0.2, 0.25) is 19.6 Å². The predicted octanol–water partition coefficient (Wildman–Crippen LogP) is 4.77. The monoisotopic (exact) mass is 305 g/mol. The molecule has 1 aromatic rings.